The zero-order valence-corrected chi connectivity index (χ0v) is 17.2. The quantitative estimate of drug-likeness (QED) is 0.565. The van der Waals surface area contributed by atoms with Crippen molar-refractivity contribution >= 4 is 9.84 Å². The molecule has 164 valence electrons. The van der Waals surface area contributed by atoms with Crippen molar-refractivity contribution in [3.8, 4) is 28.4 Å². The van der Waals surface area contributed by atoms with E-state index in [9.17, 15) is 26.4 Å². The maximum atomic E-state index is 12.8. The molecule has 3 aromatic rings. The van der Waals surface area contributed by atoms with Crippen molar-refractivity contribution in [1.82, 2.24) is 9.78 Å². The Morgan fingerprint density at radius 2 is 1.58 bits per heavy atom. The van der Waals surface area contributed by atoms with Crippen LogP contribution in [0.5, 0.6) is 17.2 Å². The lowest BCUT2D eigenvalue weighted by molar-refractivity contribution is -0.143. The van der Waals surface area contributed by atoms with Crippen molar-refractivity contribution in [1.29, 1.82) is 0 Å². The SMILES string of the molecule is COc1ccc(Oc2c(-c3ccc(S(C)(=O)=O)cc3)cnn(CC(F)(F)F)c2=O)cc1. The highest BCUT2D eigenvalue weighted by atomic mass is 32.2. The Morgan fingerprint density at radius 3 is 2.10 bits per heavy atom. The topological polar surface area (TPSA) is 87.5 Å². The lowest BCUT2D eigenvalue weighted by atomic mass is 10.1. The van der Waals surface area contributed by atoms with E-state index in [2.05, 4.69) is 5.10 Å². The first-order chi connectivity index (χ1) is 14.5. The lowest BCUT2D eigenvalue weighted by Crippen LogP contribution is -2.30. The monoisotopic (exact) mass is 454 g/mol. The van der Waals surface area contributed by atoms with E-state index in [1.54, 1.807) is 12.1 Å². The molecule has 0 fully saturated rings. The van der Waals surface area contributed by atoms with Crippen molar-refractivity contribution in [3.05, 3.63) is 65.1 Å². The van der Waals surface area contributed by atoms with Gasteiger partial charge in [-0.15, -0.1) is 0 Å². The molecular weight excluding hydrogens is 437 g/mol. The van der Waals surface area contributed by atoms with Crippen LogP contribution in [-0.4, -0.2) is 37.7 Å². The van der Waals surface area contributed by atoms with Crippen LogP contribution in [0.15, 0.2) is 64.4 Å². The second-order valence-corrected chi connectivity index (χ2v) is 8.56. The number of aromatic nitrogens is 2. The van der Waals surface area contributed by atoms with Crippen LogP contribution in [-0.2, 0) is 16.4 Å². The number of methoxy groups -OCH3 is 1. The largest absolute Gasteiger partial charge is 0.497 e. The molecule has 1 aromatic heterocycles. The molecule has 31 heavy (non-hydrogen) atoms. The molecule has 0 amide bonds. The minimum absolute atomic E-state index is 0.0484. The van der Waals surface area contributed by atoms with Crippen molar-refractivity contribution in [2.45, 2.75) is 17.6 Å². The number of alkyl halides is 3. The zero-order chi connectivity index (χ0) is 22.8. The molecule has 0 aliphatic heterocycles. The summed E-state index contributed by atoms with van der Waals surface area (Å²) in [7, 11) is -1.99. The predicted molar refractivity (Wildman–Crippen MR) is 106 cm³/mol. The van der Waals surface area contributed by atoms with Gasteiger partial charge in [0.25, 0.3) is 0 Å². The summed E-state index contributed by atoms with van der Waals surface area (Å²) in [5.74, 6) is 0.335. The average Bonchev–Trinajstić information content (AvgIpc) is 2.70. The highest BCUT2D eigenvalue weighted by molar-refractivity contribution is 7.90. The van der Waals surface area contributed by atoms with Crippen LogP contribution in [0.4, 0.5) is 13.2 Å². The molecule has 1 heterocycles. The van der Waals surface area contributed by atoms with Crippen LogP contribution >= 0.6 is 0 Å². The molecule has 0 unspecified atom stereocenters. The number of sulfone groups is 1. The number of ether oxygens (including phenoxy) is 2. The summed E-state index contributed by atoms with van der Waals surface area (Å²) in [6.07, 6.45) is -2.55. The van der Waals surface area contributed by atoms with Gasteiger partial charge in [-0.25, -0.2) is 13.1 Å². The smallest absolute Gasteiger partial charge is 0.408 e. The average molecular weight is 454 g/mol. The van der Waals surface area contributed by atoms with E-state index in [0.717, 1.165) is 12.5 Å². The van der Waals surface area contributed by atoms with E-state index < -0.39 is 28.1 Å². The minimum Gasteiger partial charge on any atom is -0.497 e. The second kappa shape index (κ2) is 8.42. The Labute approximate surface area is 175 Å². The molecule has 0 N–H and O–H groups in total. The molecule has 0 aliphatic carbocycles. The van der Waals surface area contributed by atoms with Crippen molar-refractivity contribution in [2.24, 2.45) is 0 Å². The van der Waals surface area contributed by atoms with Crippen LogP contribution in [0.1, 0.15) is 0 Å². The Morgan fingerprint density at radius 1 is 1.00 bits per heavy atom. The number of hydrogen-bond acceptors (Lipinski definition) is 6. The number of benzene rings is 2. The maximum Gasteiger partial charge on any atom is 0.408 e. The molecule has 3 rings (SSSR count). The highest BCUT2D eigenvalue weighted by Gasteiger charge is 2.30. The van der Waals surface area contributed by atoms with E-state index in [-0.39, 0.29) is 26.6 Å². The van der Waals surface area contributed by atoms with Gasteiger partial charge in [-0.05, 0) is 42.0 Å². The van der Waals surface area contributed by atoms with Crippen molar-refractivity contribution < 1.29 is 31.1 Å². The van der Waals surface area contributed by atoms with Crippen LogP contribution in [0.2, 0.25) is 0 Å². The van der Waals surface area contributed by atoms with Gasteiger partial charge in [0.2, 0.25) is 5.75 Å². The van der Waals surface area contributed by atoms with E-state index >= 15 is 0 Å². The molecule has 0 aliphatic rings. The Hall–Kier alpha value is -3.34. The van der Waals surface area contributed by atoms with Gasteiger partial charge in [0.05, 0.1) is 23.8 Å². The molecule has 11 heteroatoms. The first-order valence-electron chi connectivity index (χ1n) is 8.77. The molecule has 0 radical (unpaired) electrons. The van der Waals surface area contributed by atoms with E-state index in [0.29, 0.717) is 11.3 Å². The molecule has 0 bridgehead atoms. The molecule has 0 atom stereocenters. The summed E-state index contributed by atoms with van der Waals surface area (Å²) in [4.78, 5) is 12.8. The number of rotatable bonds is 6. The Bertz CT molecular complexity index is 1240. The molecule has 0 spiro atoms. The second-order valence-electron chi connectivity index (χ2n) is 6.54. The van der Waals surface area contributed by atoms with Gasteiger partial charge in [0, 0.05) is 6.26 Å². The lowest BCUT2D eigenvalue weighted by Gasteiger charge is -2.14. The fraction of sp³-hybridized carbons (Fsp3) is 0.200. The fourth-order valence-electron chi connectivity index (χ4n) is 2.70. The van der Waals surface area contributed by atoms with E-state index in [1.807, 2.05) is 0 Å². The molecule has 2 aromatic carbocycles. The third-order valence-corrected chi connectivity index (χ3v) is 5.33. The van der Waals surface area contributed by atoms with Crippen LogP contribution < -0.4 is 15.0 Å². The minimum atomic E-state index is -4.66. The Balaban J connectivity index is 2.11. The molecule has 0 saturated heterocycles. The zero-order valence-electron chi connectivity index (χ0n) is 16.4. The van der Waals surface area contributed by atoms with Gasteiger partial charge in [-0.2, -0.15) is 18.3 Å². The van der Waals surface area contributed by atoms with Gasteiger partial charge in [-0.1, -0.05) is 12.1 Å². The first kappa shape index (κ1) is 22.3. The van der Waals surface area contributed by atoms with E-state index in [1.165, 1.54) is 43.5 Å². The molecule has 0 saturated carbocycles. The third kappa shape index (κ3) is 5.43. The number of nitrogens with zero attached hydrogens (tertiary/aromatic N) is 2. The summed E-state index contributed by atoms with van der Waals surface area (Å²) in [6.45, 7) is -1.59. The van der Waals surface area contributed by atoms with Gasteiger partial charge in [0.15, 0.2) is 9.84 Å². The van der Waals surface area contributed by atoms with Gasteiger partial charge in [-0.3, -0.25) is 4.79 Å². The van der Waals surface area contributed by atoms with Crippen molar-refractivity contribution in [3.63, 3.8) is 0 Å². The molecular formula is C20H17F3N2O5S. The summed E-state index contributed by atoms with van der Waals surface area (Å²) in [5.41, 5.74) is -0.628. The predicted octanol–water partition coefficient (Wildman–Crippen LogP) is 3.68. The van der Waals surface area contributed by atoms with Crippen LogP contribution in [0.25, 0.3) is 11.1 Å². The Kier molecular flexibility index (Phi) is 6.07. The number of hydrogen-bond donors (Lipinski definition) is 0. The first-order valence-corrected chi connectivity index (χ1v) is 10.7. The highest BCUT2D eigenvalue weighted by Crippen LogP contribution is 2.31. The summed E-state index contributed by atoms with van der Waals surface area (Å²) in [6, 6.07) is 11.6. The summed E-state index contributed by atoms with van der Waals surface area (Å²) >= 11 is 0. The van der Waals surface area contributed by atoms with Gasteiger partial charge >= 0.3 is 11.7 Å². The number of halogens is 3. The summed E-state index contributed by atoms with van der Waals surface area (Å²) < 4.78 is 72.8. The maximum absolute atomic E-state index is 12.8. The molecule has 7 nitrogen and oxygen atoms in total. The van der Waals surface area contributed by atoms with Crippen molar-refractivity contribution in [2.75, 3.05) is 13.4 Å². The van der Waals surface area contributed by atoms with Gasteiger partial charge in [0.1, 0.15) is 18.0 Å². The van der Waals surface area contributed by atoms with E-state index in [4.69, 9.17) is 9.47 Å². The van der Waals surface area contributed by atoms with Crippen LogP contribution in [0, 0.1) is 0 Å². The standard InChI is InChI=1S/C20H17F3N2O5S/c1-29-14-5-7-15(8-6-14)30-18-17(11-24-25(19(18)26)12-20(21,22)23)13-3-9-16(10-4-13)31(2,27)28/h3-11H,12H2,1-2H3. The van der Waals surface area contributed by atoms with Crippen LogP contribution in [0.3, 0.4) is 0 Å². The van der Waals surface area contributed by atoms with Gasteiger partial charge < -0.3 is 9.47 Å². The summed E-state index contributed by atoms with van der Waals surface area (Å²) in [5, 5.41) is 3.61. The fourth-order valence-corrected chi connectivity index (χ4v) is 3.33. The normalized spacial score (nSPS) is 11.9. The third-order valence-electron chi connectivity index (χ3n) is 4.20.